The van der Waals surface area contributed by atoms with Crippen molar-refractivity contribution in [3.63, 3.8) is 0 Å². The van der Waals surface area contributed by atoms with Crippen molar-refractivity contribution < 1.29 is 22.7 Å². The third kappa shape index (κ3) is 4.00. The molecule has 1 heterocycles. The monoisotopic (exact) mass is 322 g/mol. The number of ether oxygens (including phenoxy) is 1. The molecule has 1 aromatic heterocycles. The topological polar surface area (TPSA) is 54.7 Å². The minimum atomic E-state index is -2.95. The lowest BCUT2D eigenvalue weighted by Crippen LogP contribution is -2.36. The van der Waals surface area contributed by atoms with Crippen LogP contribution in [0.25, 0.3) is 0 Å². The van der Waals surface area contributed by atoms with Crippen molar-refractivity contribution in [1.29, 1.82) is 0 Å². The smallest absolute Gasteiger partial charge is 0.387 e. The van der Waals surface area contributed by atoms with Gasteiger partial charge in [-0.05, 0) is 37.1 Å². The lowest BCUT2D eigenvalue weighted by molar-refractivity contribution is -0.0493. The number of benzene rings is 1. The van der Waals surface area contributed by atoms with Crippen LogP contribution in [0.3, 0.4) is 0 Å². The quantitative estimate of drug-likeness (QED) is 0.872. The van der Waals surface area contributed by atoms with Gasteiger partial charge in [0.1, 0.15) is 11.5 Å². The lowest BCUT2D eigenvalue weighted by Gasteiger charge is -2.22. The van der Waals surface area contributed by atoms with Crippen LogP contribution in [-0.2, 0) is 6.54 Å². The second-order valence-electron chi connectivity index (χ2n) is 5.24. The van der Waals surface area contributed by atoms with Gasteiger partial charge in [0, 0.05) is 6.04 Å². The minimum Gasteiger partial charge on any atom is -0.467 e. The van der Waals surface area contributed by atoms with Crippen molar-refractivity contribution in [3.05, 3.63) is 48.4 Å². The average molecular weight is 322 g/mol. The Labute approximate surface area is 131 Å². The molecule has 0 unspecified atom stereocenters. The van der Waals surface area contributed by atoms with E-state index in [-0.39, 0.29) is 23.5 Å². The Morgan fingerprint density at radius 2 is 2.09 bits per heavy atom. The van der Waals surface area contributed by atoms with Crippen molar-refractivity contribution in [3.8, 4) is 5.75 Å². The number of nitrogens with one attached hydrogen (secondary N) is 1. The van der Waals surface area contributed by atoms with Gasteiger partial charge < -0.3 is 19.4 Å². The fourth-order valence-electron chi connectivity index (χ4n) is 2.28. The number of amides is 2. The Kier molecular flexibility index (Phi) is 4.45. The number of furan rings is 1. The lowest BCUT2D eigenvalue weighted by atomic mass is 10.3. The van der Waals surface area contributed by atoms with Crippen LogP contribution in [0.15, 0.2) is 47.1 Å². The van der Waals surface area contributed by atoms with Gasteiger partial charge in [-0.15, -0.1) is 0 Å². The number of halogens is 2. The molecule has 0 atom stereocenters. The number of urea groups is 1. The summed E-state index contributed by atoms with van der Waals surface area (Å²) in [7, 11) is 0. The van der Waals surface area contributed by atoms with Crippen molar-refractivity contribution in [2.24, 2.45) is 0 Å². The Balaban J connectivity index is 1.72. The van der Waals surface area contributed by atoms with E-state index in [4.69, 9.17) is 4.42 Å². The first-order valence-corrected chi connectivity index (χ1v) is 7.27. The predicted molar refractivity (Wildman–Crippen MR) is 79.4 cm³/mol. The Morgan fingerprint density at radius 3 is 2.74 bits per heavy atom. The molecule has 0 spiro atoms. The molecular formula is C16H16F2N2O3. The summed E-state index contributed by atoms with van der Waals surface area (Å²) in [4.78, 5) is 14.1. The number of alkyl halides is 2. The molecule has 1 fully saturated rings. The van der Waals surface area contributed by atoms with E-state index in [1.807, 2.05) is 0 Å². The number of carbonyl (C=O) groups is 1. The van der Waals surface area contributed by atoms with Gasteiger partial charge in [-0.2, -0.15) is 8.78 Å². The van der Waals surface area contributed by atoms with E-state index in [9.17, 15) is 13.6 Å². The summed E-state index contributed by atoms with van der Waals surface area (Å²) in [5, 5.41) is 2.64. The van der Waals surface area contributed by atoms with Crippen molar-refractivity contribution in [2.75, 3.05) is 5.32 Å². The fraction of sp³-hybridized carbons (Fsp3) is 0.312. The second-order valence-corrected chi connectivity index (χ2v) is 5.24. The van der Waals surface area contributed by atoms with Crippen molar-refractivity contribution >= 4 is 11.7 Å². The van der Waals surface area contributed by atoms with Crippen LogP contribution in [0.4, 0.5) is 19.3 Å². The molecule has 3 rings (SSSR count). The van der Waals surface area contributed by atoms with E-state index in [2.05, 4.69) is 10.1 Å². The summed E-state index contributed by atoms with van der Waals surface area (Å²) in [6.07, 6.45) is 3.39. The molecule has 5 nitrogen and oxygen atoms in total. The molecule has 1 aliphatic carbocycles. The van der Waals surface area contributed by atoms with Crippen LogP contribution in [0, 0.1) is 0 Å². The molecule has 0 radical (unpaired) electrons. The molecule has 0 aliphatic heterocycles. The van der Waals surface area contributed by atoms with E-state index >= 15 is 0 Å². The zero-order valence-electron chi connectivity index (χ0n) is 12.2. The van der Waals surface area contributed by atoms with Crippen molar-refractivity contribution in [1.82, 2.24) is 4.90 Å². The molecule has 1 saturated carbocycles. The Hall–Kier alpha value is -2.57. The minimum absolute atomic E-state index is 0.0652. The number of rotatable bonds is 6. The van der Waals surface area contributed by atoms with Gasteiger partial charge in [-0.1, -0.05) is 12.1 Å². The molecule has 1 N–H and O–H groups in total. The summed E-state index contributed by atoms with van der Waals surface area (Å²) in [5.74, 6) is 0.605. The molecule has 0 saturated heterocycles. The summed E-state index contributed by atoms with van der Waals surface area (Å²) in [6.45, 7) is -2.61. The highest BCUT2D eigenvalue weighted by molar-refractivity contribution is 5.91. The molecular weight excluding hydrogens is 306 g/mol. The maximum absolute atomic E-state index is 12.5. The molecule has 7 heteroatoms. The molecule has 1 aliphatic rings. The third-order valence-electron chi connectivity index (χ3n) is 3.50. The van der Waals surface area contributed by atoms with Crippen LogP contribution < -0.4 is 10.1 Å². The first-order chi connectivity index (χ1) is 11.1. The highest BCUT2D eigenvalue weighted by Gasteiger charge is 2.33. The largest absolute Gasteiger partial charge is 0.467 e. The number of para-hydroxylation sites is 2. The zero-order valence-corrected chi connectivity index (χ0v) is 12.2. The van der Waals surface area contributed by atoms with Gasteiger partial charge in [-0.25, -0.2) is 4.79 Å². The molecule has 23 heavy (non-hydrogen) atoms. The molecule has 0 bridgehead atoms. The molecule has 122 valence electrons. The summed E-state index contributed by atoms with van der Waals surface area (Å²) < 4.78 is 34.6. The molecule has 2 amide bonds. The van der Waals surface area contributed by atoms with Gasteiger partial charge in [0.05, 0.1) is 18.5 Å². The summed E-state index contributed by atoms with van der Waals surface area (Å²) >= 11 is 0. The Morgan fingerprint density at radius 1 is 1.30 bits per heavy atom. The summed E-state index contributed by atoms with van der Waals surface area (Å²) in [5.41, 5.74) is 0.211. The molecule has 2 aromatic rings. The first-order valence-electron chi connectivity index (χ1n) is 7.27. The summed E-state index contributed by atoms with van der Waals surface area (Å²) in [6, 6.07) is 9.43. The average Bonchev–Trinajstić information content (AvgIpc) is 3.22. The van der Waals surface area contributed by atoms with Crippen LogP contribution in [0.1, 0.15) is 18.6 Å². The Bertz CT molecular complexity index is 657. The predicted octanol–water partition coefficient (Wildman–Crippen LogP) is 4.08. The van der Waals surface area contributed by atoms with E-state index in [1.165, 1.54) is 12.1 Å². The normalized spacial score (nSPS) is 13.9. The first kappa shape index (κ1) is 15.3. The van der Waals surface area contributed by atoms with E-state index in [0.29, 0.717) is 12.3 Å². The highest BCUT2D eigenvalue weighted by atomic mass is 19.3. The van der Waals surface area contributed by atoms with E-state index in [0.717, 1.165) is 12.8 Å². The van der Waals surface area contributed by atoms with Gasteiger partial charge in [0.2, 0.25) is 0 Å². The van der Waals surface area contributed by atoms with Crippen LogP contribution >= 0.6 is 0 Å². The van der Waals surface area contributed by atoms with Crippen LogP contribution in [-0.4, -0.2) is 23.6 Å². The fourth-order valence-corrected chi connectivity index (χ4v) is 2.28. The van der Waals surface area contributed by atoms with Gasteiger partial charge in [0.15, 0.2) is 0 Å². The second kappa shape index (κ2) is 6.68. The SMILES string of the molecule is O=C(Nc1ccccc1OC(F)F)N(Cc1ccco1)C1CC1. The maximum atomic E-state index is 12.5. The van der Waals surface area contributed by atoms with Crippen molar-refractivity contribution in [2.45, 2.75) is 32.0 Å². The van der Waals surface area contributed by atoms with Gasteiger partial charge in [-0.3, -0.25) is 0 Å². The number of hydrogen-bond donors (Lipinski definition) is 1. The highest BCUT2D eigenvalue weighted by Crippen LogP contribution is 2.31. The number of anilines is 1. The number of carbonyl (C=O) groups excluding carboxylic acids is 1. The standard InChI is InChI=1S/C16H16F2N2O3/c17-15(18)23-14-6-2-1-5-13(14)19-16(21)20(11-7-8-11)10-12-4-3-9-22-12/h1-6,9,11,15H,7-8,10H2,(H,19,21). The van der Waals surface area contributed by atoms with E-state index < -0.39 is 6.61 Å². The maximum Gasteiger partial charge on any atom is 0.387 e. The van der Waals surface area contributed by atoms with Gasteiger partial charge >= 0.3 is 12.6 Å². The number of nitrogens with zero attached hydrogens (tertiary/aromatic N) is 1. The van der Waals surface area contributed by atoms with Crippen LogP contribution in [0.2, 0.25) is 0 Å². The third-order valence-corrected chi connectivity index (χ3v) is 3.50. The van der Waals surface area contributed by atoms with Crippen LogP contribution in [0.5, 0.6) is 5.75 Å². The zero-order chi connectivity index (χ0) is 16.2. The number of hydrogen-bond acceptors (Lipinski definition) is 3. The molecule has 1 aromatic carbocycles. The van der Waals surface area contributed by atoms with E-state index in [1.54, 1.807) is 35.4 Å². The van der Waals surface area contributed by atoms with Gasteiger partial charge in [0.25, 0.3) is 0 Å².